The summed E-state index contributed by atoms with van der Waals surface area (Å²) in [5.41, 5.74) is 1.46. The van der Waals surface area contributed by atoms with Crippen molar-refractivity contribution in [1.82, 2.24) is 10.7 Å². The molecule has 2 amide bonds. The normalized spacial score (nSPS) is 16.4. The number of rotatable bonds is 1. The van der Waals surface area contributed by atoms with E-state index in [4.69, 9.17) is 0 Å². The Morgan fingerprint density at radius 3 is 2.50 bits per heavy atom. The van der Waals surface area contributed by atoms with Crippen molar-refractivity contribution in [3.8, 4) is 0 Å². The van der Waals surface area contributed by atoms with Crippen molar-refractivity contribution in [2.24, 2.45) is 0 Å². The molecule has 1 aliphatic rings. The maximum atomic E-state index is 12.6. The van der Waals surface area contributed by atoms with Crippen LogP contribution in [0.2, 0.25) is 0 Å². The number of hydrogen-bond donors (Lipinski definition) is 2. The van der Waals surface area contributed by atoms with Gasteiger partial charge >= 0.3 is 12.2 Å². The van der Waals surface area contributed by atoms with Crippen LogP contribution >= 0.6 is 0 Å². The van der Waals surface area contributed by atoms with Crippen LogP contribution in [0, 0.1) is 0 Å². The molecule has 1 saturated heterocycles. The molecule has 86 valence electrons. The van der Waals surface area contributed by atoms with Gasteiger partial charge in [-0.1, -0.05) is 12.1 Å². The molecule has 0 aliphatic carbocycles. The highest BCUT2D eigenvalue weighted by atomic mass is 19.4. The minimum Gasteiger partial charge on any atom is -0.322 e. The van der Waals surface area contributed by atoms with Crippen LogP contribution in [0.15, 0.2) is 24.3 Å². The molecule has 0 atom stereocenters. The SMILES string of the molecule is O=C1NCNN1c1ccccc1C(F)(F)F. The average molecular weight is 231 g/mol. The smallest absolute Gasteiger partial charge is 0.322 e. The van der Waals surface area contributed by atoms with Crippen LogP contribution in [0.3, 0.4) is 0 Å². The van der Waals surface area contributed by atoms with E-state index < -0.39 is 17.8 Å². The van der Waals surface area contributed by atoms with Gasteiger partial charge in [0, 0.05) is 0 Å². The fourth-order valence-corrected chi connectivity index (χ4v) is 1.45. The van der Waals surface area contributed by atoms with E-state index in [-0.39, 0.29) is 12.4 Å². The van der Waals surface area contributed by atoms with Crippen LogP contribution < -0.4 is 15.8 Å². The minimum atomic E-state index is -4.48. The molecule has 0 unspecified atom stereocenters. The number of para-hydroxylation sites is 1. The van der Waals surface area contributed by atoms with E-state index in [1.165, 1.54) is 18.2 Å². The second kappa shape index (κ2) is 3.67. The minimum absolute atomic E-state index is 0.116. The van der Waals surface area contributed by atoms with E-state index >= 15 is 0 Å². The molecule has 2 N–H and O–H groups in total. The predicted octanol–water partition coefficient (Wildman–Crippen LogP) is 1.70. The molecule has 0 spiro atoms. The lowest BCUT2D eigenvalue weighted by Gasteiger charge is -2.19. The Labute approximate surface area is 89.0 Å². The largest absolute Gasteiger partial charge is 0.418 e. The van der Waals surface area contributed by atoms with Crippen molar-refractivity contribution in [2.75, 3.05) is 11.7 Å². The van der Waals surface area contributed by atoms with Crippen molar-refractivity contribution < 1.29 is 18.0 Å². The lowest BCUT2D eigenvalue weighted by Crippen LogP contribution is -2.35. The zero-order valence-electron chi connectivity index (χ0n) is 8.01. The molecule has 4 nitrogen and oxygen atoms in total. The second-order valence-electron chi connectivity index (χ2n) is 3.17. The first-order chi connectivity index (χ1) is 7.50. The summed E-state index contributed by atoms with van der Waals surface area (Å²) in [6, 6.07) is 4.29. The number of halogens is 3. The molecule has 1 aliphatic heterocycles. The summed E-state index contributed by atoms with van der Waals surface area (Å²) in [6.45, 7) is 0.116. The number of amides is 2. The second-order valence-corrected chi connectivity index (χ2v) is 3.17. The molecule has 0 saturated carbocycles. The van der Waals surface area contributed by atoms with Crippen LogP contribution in [0.1, 0.15) is 5.56 Å². The summed E-state index contributed by atoms with van der Waals surface area (Å²) >= 11 is 0. The molecule has 1 heterocycles. The molecule has 0 bridgehead atoms. The van der Waals surface area contributed by atoms with E-state index in [9.17, 15) is 18.0 Å². The number of hydrogen-bond acceptors (Lipinski definition) is 2. The van der Waals surface area contributed by atoms with E-state index in [2.05, 4.69) is 10.7 Å². The van der Waals surface area contributed by atoms with Crippen LogP contribution in [0.4, 0.5) is 23.7 Å². The highest BCUT2D eigenvalue weighted by molar-refractivity contribution is 5.93. The van der Waals surface area contributed by atoms with Gasteiger partial charge in [0.15, 0.2) is 0 Å². The topological polar surface area (TPSA) is 44.4 Å². The van der Waals surface area contributed by atoms with Crippen LogP contribution in [-0.2, 0) is 6.18 Å². The Hall–Kier alpha value is -1.76. The van der Waals surface area contributed by atoms with Crippen LogP contribution in [-0.4, -0.2) is 12.7 Å². The maximum Gasteiger partial charge on any atom is 0.418 e. The lowest BCUT2D eigenvalue weighted by molar-refractivity contribution is -0.137. The van der Waals surface area contributed by atoms with Gasteiger partial charge in [-0.25, -0.2) is 15.2 Å². The highest BCUT2D eigenvalue weighted by Crippen LogP contribution is 2.36. The van der Waals surface area contributed by atoms with Gasteiger partial charge in [-0.2, -0.15) is 13.2 Å². The van der Waals surface area contributed by atoms with Gasteiger partial charge < -0.3 is 5.32 Å². The maximum absolute atomic E-state index is 12.6. The summed E-state index contributed by atoms with van der Waals surface area (Å²) in [5.74, 6) is 0. The van der Waals surface area contributed by atoms with Gasteiger partial charge in [0.1, 0.15) is 0 Å². The summed E-state index contributed by atoms with van der Waals surface area (Å²) in [4.78, 5) is 11.2. The molecule has 1 fully saturated rings. The van der Waals surface area contributed by atoms with Crippen molar-refractivity contribution >= 4 is 11.7 Å². The first-order valence-electron chi connectivity index (χ1n) is 4.48. The molecular formula is C9H8F3N3O. The van der Waals surface area contributed by atoms with Crippen LogP contribution in [0.5, 0.6) is 0 Å². The molecular weight excluding hydrogens is 223 g/mol. The number of anilines is 1. The number of nitrogens with zero attached hydrogens (tertiary/aromatic N) is 1. The van der Waals surface area contributed by atoms with Crippen molar-refractivity contribution in [3.05, 3.63) is 29.8 Å². The fraction of sp³-hybridized carbons (Fsp3) is 0.222. The monoisotopic (exact) mass is 231 g/mol. The Morgan fingerprint density at radius 1 is 1.25 bits per heavy atom. The predicted molar refractivity (Wildman–Crippen MR) is 50.5 cm³/mol. The average Bonchev–Trinajstić information content (AvgIpc) is 2.63. The summed E-state index contributed by atoms with van der Waals surface area (Å²) in [7, 11) is 0. The number of carbonyl (C=O) groups excluding carboxylic acids is 1. The Balaban J connectivity index is 2.44. The van der Waals surface area contributed by atoms with Crippen LogP contribution in [0.25, 0.3) is 0 Å². The fourth-order valence-electron chi connectivity index (χ4n) is 1.45. The molecule has 7 heteroatoms. The van der Waals surface area contributed by atoms with Gasteiger partial charge in [-0.05, 0) is 12.1 Å². The first kappa shape index (κ1) is 10.7. The molecule has 0 aromatic heterocycles. The quantitative estimate of drug-likeness (QED) is 0.772. The molecule has 1 aromatic carbocycles. The third-order valence-corrected chi connectivity index (χ3v) is 2.13. The van der Waals surface area contributed by atoms with E-state index in [0.717, 1.165) is 11.1 Å². The van der Waals surface area contributed by atoms with E-state index in [1.807, 2.05) is 0 Å². The van der Waals surface area contributed by atoms with Crippen molar-refractivity contribution in [3.63, 3.8) is 0 Å². The van der Waals surface area contributed by atoms with E-state index in [1.54, 1.807) is 0 Å². The molecule has 0 radical (unpaired) electrons. The van der Waals surface area contributed by atoms with Gasteiger partial charge in [0.25, 0.3) is 0 Å². The van der Waals surface area contributed by atoms with Gasteiger partial charge in [-0.15, -0.1) is 0 Å². The zero-order valence-corrected chi connectivity index (χ0v) is 8.01. The summed E-state index contributed by atoms with van der Waals surface area (Å²) in [5, 5.41) is 3.21. The number of carbonyl (C=O) groups is 1. The van der Waals surface area contributed by atoms with Crippen molar-refractivity contribution in [2.45, 2.75) is 6.18 Å². The summed E-state index contributed by atoms with van der Waals surface area (Å²) < 4.78 is 37.9. The lowest BCUT2D eigenvalue weighted by atomic mass is 10.1. The third-order valence-electron chi connectivity index (χ3n) is 2.13. The van der Waals surface area contributed by atoms with Crippen molar-refractivity contribution in [1.29, 1.82) is 0 Å². The van der Waals surface area contributed by atoms with Gasteiger partial charge in [-0.3, -0.25) is 0 Å². The molecule has 1 aromatic rings. The van der Waals surface area contributed by atoms with E-state index in [0.29, 0.717) is 0 Å². The first-order valence-corrected chi connectivity index (χ1v) is 4.48. The zero-order chi connectivity index (χ0) is 11.8. The van der Waals surface area contributed by atoms with Gasteiger partial charge in [0.2, 0.25) is 0 Å². The number of benzene rings is 1. The molecule has 16 heavy (non-hydrogen) atoms. The Bertz CT molecular complexity index is 419. The Morgan fingerprint density at radius 2 is 1.94 bits per heavy atom. The number of hydrazine groups is 1. The Kier molecular flexibility index (Phi) is 2.47. The van der Waals surface area contributed by atoms with Gasteiger partial charge in [0.05, 0.1) is 17.9 Å². The summed E-state index contributed by atoms with van der Waals surface area (Å²) in [6.07, 6.45) is -4.48. The number of nitrogens with one attached hydrogen (secondary N) is 2. The third kappa shape index (κ3) is 1.81. The standard InChI is InChI=1S/C9H8F3N3O/c10-9(11,12)6-3-1-2-4-7(6)15-8(16)13-5-14-15/h1-4,14H,5H2,(H,13,16). The number of alkyl halides is 3. The highest BCUT2D eigenvalue weighted by Gasteiger charge is 2.36. The number of urea groups is 1. The molecule has 2 rings (SSSR count).